The van der Waals surface area contributed by atoms with E-state index in [1.165, 1.54) is 0 Å². The molecule has 1 heterocycles. The molecule has 1 N–H and O–H groups in total. The molecule has 4 aromatic rings. The third-order valence-corrected chi connectivity index (χ3v) is 5.74. The number of carbonyl (C=O) groups excluding carboxylic acids is 1. The smallest absolute Gasteiger partial charge is 0.160 e. The van der Waals surface area contributed by atoms with Crippen LogP contribution in [0.5, 0.6) is 0 Å². The minimum Gasteiger partial charge on any atom is -0.388 e. The van der Waals surface area contributed by atoms with Gasteiger partial charge in [0.05, 0.1) is 17.3 Å². The van der Waals surface area contributed by atoms with E-state index in [1.54, 1.807) is 6.92 Å². The summed E-state index contributed by atoms with van der Waals surface area (Å²) in [5, 5.41) is 12.4. The lowest BCUT2D eigenvalue weighted by molar-refractivity contribution is 0.101. The maximum absolute atomic E-state index is 11.8. The highest BCUT2D eigenvalue weighted by Crippen LogP contribution is 2.23. The number of pyridine rings is 1. The Balaban J connectivity index is 1.47. The molecule has 0 spiro atoms. The fraction of sp³-hybridized carbons (Fsp3) is 0.143. The first kappa shape index (κ1) is 21.9. The molecule has 0 fully saturated rings. The van der Waals surface area contributed by atoms with Crippen LogP contribution < -0.4 is 0 Å². The van der Waals surface area contributed by atoms with Crippen molar-refractivity contribution in [1.82, 2.24) is 4.98 Å². The molecule has 0 saturated heterocycles. The van der Waals surface area contributed by atoms with E-state index < -0.39 is 6.10 Å². The maximum Gasteiger partial charge on any atom is 0.160 e. The Kier molecular flexibility index (Phi) is 6.79. The topological polar surface area (TPSA) is 50.2 Å². The average molecular weight is 442 g/mol. The molecule has 3 aromatic carbocycles. The van der Waals surface area contributed by atoms with Gasteiger partial charge in [0.25, 0.3) is 0 Å². The average Bonchev–Trinajstić information content (AvgIpc) is 2.81. The summed E-state index contributed by atoms with van der Waals surface area (Å²) in [6, 6.07) is 25.1. The molecule has 32 heavy (non-hydrogen) atoms. The molecular weight excluding hydrogens is 418 g/mol. The predicted octanol–water partition coefficient (Wildman–Crippen LogP) is 6.93. The van der Waals surface area contributed by atoms with Crippen LogP contribution in [0.15, 0.2) is 78.9 Å². The van der Waals surface area contributed by atoms with Gasteiger partial charge in [0.2, 0.25) is 0 Å². The fourth-order valence-electron chi connectivity index (χ4n) is 3.79. The van der Waals surface area contributed by atoms with E-state index in [9.17, 15) is 9.90 Å². The van der Waals surface area contributed by atoms with Crippen LogP contribution in [-0.2, 0) is 6.42 Å². The zero-order valence-electron chi connectivity index (χ0n) is 17.8. The minimum absolute atomic E-state index is 0.0480. The first-order valence-corrected chi connectivity index (χ1v) is 11.0. The number of halogens is 1. The SMILES string of the molecule is CC(=O)c1ccccc1CC[C@@H](O)c1cccc(/C=C/c2ccc3ccc(Cl)cc3n2)c1. The third-order valence-electron chi connectivity index (χ3n) is 5.50. The van der Waals surface area contributed by atoms with E-state index >= 15 is 0 Å². The molecule has 0 amide bonds. The largest absolute Gasteiger partial charge is 0.388 e. The Bertz CT molecular complexity index is 1300. The van der Waals surface area contributed by atoms with Crippen molar-refractivity contribution in [3.05, 3.63) is 112 Å². The van der Waals surface area contributed by atoms with Crippen LogP contribution in [0.1, 0.15) is 52.2 Å². The number of rotatable bonds is 7. The number of ketones is 1. The lowest BCUT2D eigenvalue weighted by Gasteiger charge is -2.13. The quantitative estimate of drug-likeness (QED) is 0.316. The second kappa shape index (κ2) is 9.90. The molecule has 3 nitrogen and oxygen atoms in total. The summed E-state index contributed by atoms with van der Waals surface area (Å²) in [6.07, 6.45) is 4.52. The van der Waals surface area contributed by atoms with Gasteiger partial charge >= 0.3 is 0 Å². The summed E-state index contributed by atoms with van der Waals surface area (Å²) in [6.45, 7) is 1.57. The summed E-state index contributed by atoms with van der Waals surface area (Å²) >= 11 is 6.08. The van der Waals surface area contributed by atoms with Gasteiger partial charge in [-0.1, -0.05) is 72.3 Å². The number of hydrogen-bond acceptors (Lipinski definition) is 3. The number of aromatic nitrogens is 1. The lowest BCUT2D eigenvalue weighted by Crippen LogP contribution is -2.04. The molecule has 0 bridgehead atoms. The standard InChI is InChI=1S/C28H24ClNO2/c1-19(31)26-8-3-2-6-21(26)12-16-28(32)23-7-4-5-20(17-23)9-14-25-15-11-22-10-13-24(29)18-27(22)30-25/h2-11,13-15,17-18,28,32H,12,16H2,1H3/b14-9+/t28-/m1/s1. The van der Waals surface area contributed by atoms with Crippen molar-refractivity contribution in [2.75, 3.05) is 0 Å². The second-order valence-corrected chi connectivity index (χ2v) is 8.28. The van der Waals surface area contributed by atoms with Gasteiger partial charge in [-0.25, -0.2) is 4.98 Å². The Morgan fingerprint density at radius 1 is 1.00 bits per heavy atom. The summed E-state index contributed by atoms with van der Waals surface area (Å²) in [5.74, 6) is 0.0480. The van der Waals surface area contributed by atoms with Crippen molar-refractivity contribution in [2.45, 2.75) is 25.9 Å². The van der Waals surface area contributed by atoms with Crippen LogP contribution in [0.4, 0.5) is 0 Å². The van der Waals surface area contributed by atoms with E-state index in [2.05, 4.69) is 4.98 Å². The van der Waals surface area contributed by atoms with E-state index in [-0.39, 0.29) is 5.78 Å². The van der Waals surface area contributed by atoms with Gasteiger partial charge in [-0.15, -0.1) is 0 Å². The number of Topliss-reactive ketones (excluding diaryl/α,β-unsaturated/α-hetero) is 1. The van der Waals surface area contributed by atoms with Gasteiger partial charge in [-0.3, -0.25) is 4.79 Å². The molecule has 4 heteroatoms. The highest BCUT2D eigenvalue weighted by atomic mass is 35.5. The van der Waals surface area contributed by atoms with Crippen LogP contribution in [0.3, 0.4) is 0 Å². The van der Waals surface area contributed by atoms with Crippen molar-refractivity contribution >= 4 is 40.4 Å². The highest BCUT2D eigenvalue weighted by molar-refractivity contribution is 6.31. The third kappa shape index (κ3) is 5.31. The Morgan fingerprint density at radius 3 is 2.66 bits per heavy atom. The Labute approximate surface area is 193 Å². The number of benzene rings is 3. The van der Waals surface area contributed by atoms with Crippen molar-refractivity contribution in [2.24, 2.45) is 0 Å². The number of aliphatic hydroxyl groups excluding tert-OH is 1. The highest BCUT2D eigenvalue weighted by Gasteiger charge is 2.11. The number of aryl methyl sites for hydroxylation is 1. The van der Waals surface area contributed by atoms with E-state index in [4.69, 9.17) is 11.6 Å². The number of hydrogen-bond donors (Lipinski definition) is 1. The molecule has 4 rings (SSSR count). The number of nitrogens with zero attached hydrogens (tertiary/aromatic N) is 1. The number of aliphatic hydroxyl groups is 1. The monoisotopic (exact) mass is 441 g/mol. The summed E-state index contributed by atoms with van der Waals surface area (Å²) in [7, 11) is 0. The van der Waals surface area contributed by atoms with E-state index in [1.807, 2.05) is 91.0 Å². The fourth-order valence-corrected chi connectivity index (χ4v) is 3.96. The molecule has 1 atom stereocenters. The Hall–Kier alpha value is -3.27. The summed E-state index contributed by atoms with van der Waals surface area (Å²) in [4.78, 5) is 16.5. The van der Waals surface area contributed by atoms with Gasteiger partial charge in [0, 0.05) is 16.0 Å². The van der Waals surface area contributed by atoms with Crippen LogP contribution >= 0.6 is 11.6 Å². The van der Waals surface area contributed by atoms with Crippen molar-refractivity contribution < 1.29 is 9.90 Å². The van der Waals surface area contributed by atoms with Crippen molar-refractivity contribution in [3.8, 4) is 0 Å². The number of carbonyl (C=O) groups is 1. The molecule has 1 aromatic heterocycles. The Morgan fingerprint density at radius 2 is 1.81 bits per heavy atom. The first-order valence-electron chi connectivity index (χ1n) is 10.6. The van der Waals surface area contributed by atoms with Crippen LogP contribution in [-0.4, -0.2) is 15.9 Å². The second-order valence-electron chi connectivity index (χ2n) is 7.84. The van der Waals surface area contributed by atoms with Crippen LogP contribution in [0.25, 0.3) is 23.1 Å². The molecule has 0 aliphatic rings. The molecule has 0 aliphatic carbocycles. The van der Waals surface area contributed by atoms with Gasteiger partial charge in [-0.05, 0) is 66.8 Å². The summed E-state index contributed by atoms with van der Waals surface area (Å²) < 4.78 is 0. The lowest BCUT2D eigenvalue weighted by atomic mass is 9.96. The number of fused-ring (bicyclic) bond motifs is 1. The first-order chi connectivity index (χ1) is 15.5. The minimum atomic E-state index is -0.607. The molecular formula is C28H24ClNO2. The van der Waals surface area contributed by atoms with Gasteiger partial charge in [0.15, 0.2) is 5.78 Å². The molecule has 0 aliphatic heterocycles. The zero-order chi connectivity index (χ0) is 22.5. The van der Waals surface area contributed by atoms with E-state index in [0.717, 1.165) is 38.9 Å². The van der Waals surface area contributed by atoms with Crippen molar-refractivity contribution in [1.29, 1.82) is 0 Å². The summed E-state index contributed by atoms with van der Waals surface area (Å²) in [5.41, 5.74) is 5.23. The van der Waals surface area contributed by atoms with Gasteiger partial charge < -0.3 is 5.11 Å². The van der Waals surface area contributed by atoms with Crippen LogP contribution in [0, 0.1) is 0 Å². The molecule has 0 radical (unpaired) electrons. The van der Waals surface area contributed by atoms with Crippen molar-refractivity contribution in [3.63, 3.8) is 0 Å². The molecule has 0 unspecified atom stereocenters. The van der Waals surface area contributed by atoms with Gasteiger partial charge in [-0.2, -0.15) is 0 Å². The normalized spacial score (nSPS) is 12.3. The van der Waals surface area contributed by atoms with Gasteiger partial charge in [0.1, 0.15) is 0 Å². The van der Waals surface area contributed by atoms with E-state index in [0.29, 0.717) is 17.9 Å². The molecule has 0 saturated carbocycles. The predicted molar refractivity (Wildman–Crippen MR) is 132 cm³/mol. The zero-order valence-corrected chi connectivity index (χ0v) is 18.6. The maximum atomic E-state index is 11.8. The van der Waals surface area contributed by atoms with Crippen LogP contribution in [0.2, 0.25) is 5.02 Å². The molecule has 160 valence electrons.